The number of carbonyl (C=O) groups excluding carboxylic acids is 2. The summed E-state index contributed by atoms with van der Waals surface area (Å²) in [5.74, 6) is -1.56. The molecule has 0 N–H and O–H groups in total. The standard InChI is InChI=1S/C18H14ClF4N3O2S/c19-14-10-11(20)3-4-12(14)16(27)25-6-8-26(9-7-25)17(28)13-2-1-5-24-15(13)29-18(21,22)23/h1-5,10H,6-9H2. The van der Waals surface area contributed by atoms with Gasteiger partial charge in [0, 0.05) is 44.1 Å². The Kier molecular flexibility index (Phi) is 6.33. The van der Waals surface area contributed by atoms with Crippen LogP contribution in [0, 0.1) is 5.82 Å². The Morgan fingerprint density at radius 1 is 1.00 bits per heavy atom. The van der Waals surface area contributed by atoms with E-state index in [0.29, 0.717) is 0 Å². The van der Waals surface area contributed by atoms with E-state index in [0.717, 1.165) is 12.1 Å². The van der Waals surface area contributed by atoms with Crippen molar-refractivity contribution >= 4 is 35.2 Å². The lowest BCUT2D eigenvalue weighted by molar-refractivity contribution is -0.0329. The van der Waals surface area contributed by atoms with Gasteiger partial charge in [0.1, 0.15) is 10.8 Å². The van der Waals surface area contributed by atoms with E-state index in [-0.39, 0.29) is 42.3 Å². The van der Waals surface area contributed by atoms with Gasteiger partial charge in [-0.3, -0.25) is 9.59 Å². The third-order valence-corrected chi connectivity index (χ3v) is 5.29. The van der Waals surface area contributed by atoms with Gasteiger partial charge in [0.05, 0.1) is 16.1 Å². The molecule has 0 bridgehead atoms. The number of nitrogens with zero attached hydrogens (tertiary/aromatic N) is 3. The summed E-state index contributed by atoms with van der Waals surface area (Å²) in [7, 11) is 0. The highest BCUT2D eigenvalue weighted by Crippen LogP contribution is 2.37. The molecule has 1 aromatic carbocycles. The van der Waals surface area contributed by atoms with Crippen LogP contribution >= 0.6 is 23.4 Å². The Labute approximate surface area is 172 Å². The Morgan fingerprint density at radius 2 is 1.59 bits per heavy atom. The number of benzene rings is 1. The molecular formula is C18H14ClF4N3O2S. The highest BCUT2D eigenvalue weighted by atomic mass is 35.5. The fourth-order valence-corrected chi connectivity index (χ4v) is 3.71. The molecule has 5 nitrogen and oxygen atoms in total. The molecule has 29 heavy (non-hydrogen) atoms. The smallest absolute Gasteiger partial charge is 0.335 e. The molecule has 1 aromatic heterocycles. The summed E-state index contributed by atoms with van der Waals surface area (Å²) in [5.41, 5.74) is -4.57. The number of carbonyl (C=O) groups is 2. The van der Waals surface area contributed by atoms with Crippen LogP contribution in [0.4, 0.5) is 17.6 Å². The van der Waals surface area contributed by atoms with E-state index in [4.69, 9.17) is 11.6 Å². The van der Waals surface area contributed by atoms with E-state index >= 15 is 0 Å². The van der Waals surface area contributed by atoms with E-state index < -0.39 is 39.9 Å². The maximum atomic E-state index is 13.2. The number of pyridine rings is 1. The maximum absolute atomic E-state index is 13.2. The quantitative estimate of drug-likeness (QED) is 0.525. The number of thioether (sulfide) groups is 1. The minimum Gasteiger partial charge on any atom is -0.335 e. The van der Waals surface area contributed by atoms with Crippen molar-refractivity contribution in [2.45, 2.75) is 10.5 Å². The van der Waals surface area contributed by atoms with Gasteiger partial charge in [-0.2, -0.15) is 13.2 Å². The van der Waals surface area contributed by atoms with Crippen molar-refractivity contribution in [1.82, 2.24) is 14.8 Å². The summed E-state index contributed by atoms with van der Waals surface area (Å²) in [5, 5.41) is -0.431. The molecule has 1 aliphatic heterocycles. The molecule has 2 aromatic rings. The third-order valence-electron chi connectivity index (χ3n) is 4.23. The van der Waals surface area contributed by atoms with Crippen molar-refractivity contribution in [3.8, 4) is 0 Å². The molecule has 2 heterocycles. The largest absolute Gasteiger partial charge is 0.447 e. The summed E-state index contributed by atoms with van der Waals surface area (Å²) in [6.45, 7) is 0.601. The van der Waals surface area contributed by atoms with Crippen LogP contribution in [0.3, 0.4) is 0 Å². The normalized spacial score (nSPS) is 14.8. The molecule has 11 heteroatoms. The second-order valence-electron chi connectivity index (χ2n) is 6.11. The molecule has 2 amide bonds. The lowest BCUT2D eigenvalue weighted by Crippen LogP contribution is -2.50. The molecule has 154 valence electrons. The Balaban J connectivity index is 1.68. The first-order valence-electron chi connectivity index (χ1n) is 8.40. The van der Waals surface area contributed by atoms with Gasteiger partial charge in [0.25, 0.3) is 11.8 Å². The van der Waals surface area contributed by atoms with Crippen LogP contribution in [0.25, 0.3) is 0 Å². The third kappa shape index (κ3) is 5.18. The molecule has 0 radical (unpaired) electrons. The van der Waals surface area contributed by atoms with Crippen LogP contribution in [0.15, 0.2) is 41.6 Å². The lowest BCUT2D eigenvalue weighted by Gasteiger charge is -2.35. The van der Waals surface area contributed by atoms with Crippen molar-refractivity contribution in [2.75, 3.05) is 26.2 Å². The molecule has 0 unspecified atom stereocenters. The molecule has 3 rings (SSSR count). The van der Waals surface area contributed by atoms with Crippen molar-refractivity contribution in [2.24, 2.45) is 0 Å². The second-order valence-corrected chi connectivity index (χ2v) is 7.57. The van der Waals surface area contributed by atoms with Gasteiger partial charge in [-0.05, 0) is 30.3 Å². The predicted molar refractivity (Wildman–Crippen MR) is 99.4 cm³/mol. The van der Waals surface area contributed by atoms with Gasteiger partial charge in [-0.15, -0.1) is 0 Å². The zero-order valence-electron chi connectivity index (χ0n) is 14.7. The zero-order valence-corrected chi connectivity index (χ0v) is 16.3. The monoisotopic (exact) mass is 447 g/mol. The van der Waals surface area contributed by atoms with Crippen LogP contribution in [-0.4, -0.2) is 58.3 Å². The first-order chi connectivity index (χ1) is 13.7. The van der Waals surface area contributed by atoms with E-state index in [2.05, 4.69) is 4.98 Å². The lowest BCUT2D eigenvalue weighted by atomic mass is 10.1. The number of alkyl halides is 3. The first-order valence-corrected chi connectivity index (χ1v) is 9.59. The van der Waals surface area contributed by atoms with Crippen molar-refractivity contribution in [3.05, 3.63) is 58.5 Å². The minimum absolute atomic E-state index is 0.0160. The highest BCUT2D eigenvalue weighted by Gasteiger charge is 2.34. The molecule has 1 aliphatic rings. The SMILES string of the molecule is O=C(c1ccc(F)cc1Cl)N1CCN(C(=O)c2cccnc2SC(F)(F)F)CC1. The van der Waals surface area contributed by atoms with E-state index in [1.807, 2.05) is 0 Å². The maximum Gasteiger partial charge on any atom is 0.447 e. The topological polar surface area (TPSA) is 53.5 Å². The van der Waals surface area contributed by atoms with Crippen LogP contribution in [0.2, 0.25) is 5.02 Å². The predicted octanol–water partition coefficient (Wildman–Crippen LogP) is 4.08. The average Bonchev–Trinajstić information content (AvgIpc) is 2.66. The highest BCUT2D eigenvalue weighted by molar-refractivity contribution is 8.00. The van der Waals surface area contributed by atoms with Crippen LogP contribution in [-0.2, 0) is 0 Å². The Hall–Kier alpha value is -2.33. The molecular weight excluding hydrogens is 434 g/mol. The fourth-order valence-electron chi connectivity index (χ4n) is 2.86. The van der Waals surface area contributed by atoms with Crippen LogP contribution in [0.1, 0.15) is 20.7 Å². The van der Waals surface area contributed by atoms with Gasteiger partial charge in [0.15, 0.2) is 0 Å². The Bertz CT molecular complexity index is 934. The average molecular weight is 448 g/mol. The van der Waals surface area contributed by atoms with Gasteiger partial charge >= 0.3 is 5.51 Å². The van der Waals surface area contributed by atoms with Crippen LogP contribution < -0.4 is 0 Å². The van der Waals surface area contributed by atoms with Crippen molar-refractivity contribution in [3.63, 3.8) is 0 Å². The molecule has 0 spiro atoms. The molecule has 0 aliphatic carbocycles. The van der Waals surface area contributed by atoms with E-state index in [1.54, 1.807) is 0 Å². The number of hydrogen-bond acceptors (Lipinski definition) is 4. The van der Waals surface area contributed by atoms with Gasteiger partial charge in [-0.25, -0.2) is 9.37 Å². The second kappa shape index (κ2) is 8.58. The molecule has 1 saturated heterocycles. The van der Waals surface area contributed by atoms with E-state index in [9.17, 15) is 27.2 Å². The Morgan fingerprint density at radius 3 is 2.14 bits per heavy atom. The number of amides is 2. The number of piperazine rings is 1. The molecule has 0 atom stereocenters. The van der Waals surface area contributed by atoms with Crippen molar-refractivity contribution in [1.29, 1.82) is 0 Å². The summed E-state index contributed by atoms with van der Waals surface area (Å²) in [6.07, 6.45) is 1.19. The zero-order chi connectivity index (χ0) is 21.2. The summed E-state index contributed by atoms with van der Waals surface area (Å²) >= 11 is 5.48. The number of aromatic nitrogens is 1. The number of halogens is 5. The van der Waals surface area contributed by atoms with Crippen molar-refractivity contribution < 1.29 is 27.2 Å². The number of rotatable bonds is 3. The summed E-state index contributed by atoms with van der Waals surface area (Å²) in [6, 6.07) is 6.13. The van der Waals surface area contributed by atoms with Gasteiger partial charge in [-0.1, -0.05) is 11.6 Å². The summed E-state index contributed by atoms with van der Waals surface area (Å²) < 4.78 is 51.3. The van der Waals surface area contributed by atoms with E-state index in [1.165, 1.54) is 34.2 Å². The van der Waals surface area contributed by atoms with Gasteiger partial charge < -0.3 is 9.80 Å². The van der Waals surface area contributed by atoms with Crippen LogP contribution in [0.5, 0.6) is 0 Å². The summed E-state index contributed by atoms with van der Waals surface area (Å²) in [4.78, 5) is 31.7. The molecule has 0 saturated carbocycles. The number of hydrogen-bond donors (Lipinski definition) is 0. The van der Waals surface area contributed by atoms with Gasteiger partial charge in [0.2, 0.25) is 0 Å². The molecule has 1 fully saturated rings. The first kappa shape index (κ1) is 21.4. The minimum atomic E-state index is -4.57. The fraction of sp³-hybridized carbons (Fsp3) is 0.278.